The molecule has 0 saturated heterocycles. The molecule has 25 heavy (non-hydrogen) atoms. The average molecular weight is 350 g/mol. The topological polar surface area (TPSA) is 41.1 Å². The smallest absolute Gasteiger partial charge is 0.338 e. The summed E-state index contributed by atoms with van der Waals surface area (Å²) in [5.74, 6) is 0. The first kappa shape index (κ1) is 18.8. The van der Waals surface area contributed by atoms with Gasteiger partial charge in [-0.15, -0.1) is 0 Å². The second-order valence-electron chi connectivity index (χ2n) is 5.83. The van der Waals surface area contributed by atoms with Gasteiger partial charge in [0.25, 0.3) is 0 Å². The van der Waals surface area contributed by atoms with E-state index < -0.39 is 23.8 Å². The van der Waals surface area contributed by atoms with Crippen molar-refractivity contribution in [2.45, 2.75) is 32.0 Å². The fourth-order valence-corrected chi connectivity index (χ4v) is 2.45. The third-order valence-electron chi connectivity index (χ3n) is 3.83. The summed E-state index contributed by atoms with van der Waals surface area (Å²) in [6, 6.07) is 14.0. The van der Waals surface area contributed by atoms with Gasteiger partial charge < -0.3 is 10.6 Å². The number of benzene rings is 2. The van der Waals surface area contributed by atoms with Crippen molar-refractivity contribution in [3.63, 3.8) is 0 Å². The molecule has 0 aliphatic carbocycles. The second-order valence-corrected chi connectivity index (χ2v) is 5.83. The van der Waals surface area contributed by atoms with Crippen LogP contribution in [0, 0.1) is 0 Å². The summed E-state index contributed by atoms with van der Waals surface area (Å²) >= 11 is 0. The lowest BCUT2D eigenvalue weighted by Gasteiger charge is -2.16. The molecule has 0 aliphatic heterocycles. The van der Waals surface area contributed by atoms with Crippen LogP contribution in [0.5, 0.6) is 0 Å². The summed E-state index contributed by atoms with van der Waals surface area (Å²) in [4.78, 5) is 11.9. The Morgan fingerprint density at radius 2 is 1.80 bits per heavy atom. The fourth-order valence-electron chi connectivity index (χ4n) is 2.45. The van der Waals surface area contributed by atoms with E-state index in [1.54, 1.807) is 13.0 Å². The number of aryl methyl sites for hydroxylation is 1. The number of hydrogen-bond acceptors (Lipinski definition) is 1. The zero-order valence-electron chi connectivity index (χ0n) is 13.9. The number of carbonyl (C=O) groups is 1. The van der Waals surface area contributed by atoms with Gasteiger partial charge in [-0.25, -0.2) is 4.79 Å². The molecule has 0 aliphatic rings. The van der Waals surface area contributed by atoms with Crippen LogP contribution in [-0.4, -0.2) is 12.6 Å². The molecule has 2 amide bonds. The van der Waals surface area contributed by atoms with Crippen LogP contribution in [0.15, 0.2) is 54.6 Å². The van der Waals surface area contributed by atoms with Gasteiger partial charge in [-0.1, -0.05) is 42.5 Å². The maximum absolute atomic E-state index is 12.7. The van der Waals surface area contributed by atoms with Crippen LogP contribution >= 0.6 is 0 Å². The zero-order valence-corrected chi connectivity index (χ0v) is 13.9. The largest absolute Gasteiger partial charge is 0.416 e. The van der Waals surface area contributed by atoms with E-state index in [0.717, 1.165) is 25.0 Å². The van der Waals surface area contributed by atoms with Crippen LogP contribution in [0.2, 0.25) is 0 Å². The van der Waals surface area contributed by atoms with Gasteiger partial charge in [0.2, 0.25) is 0 Å². The highest BCUT2D eigenvalue weighted by molar-refractivity contribution is 5.74. The van der Waals surface area contributed by atoms with E-state index in [0.29, 0.717) is 12.1 Å². The molecule has 1 atom stereocenters. The molecule has 0 aromatic heterocycles. The number of nitrogens with one attached hydrogen (secondary N) is 2. The van der Waals surface area contributed by atoms with E-state index in [-0.39, 0.29) is 0 Å². The lowest BCUT2D eigenvalue weighted by molar-refractivity contribution is -0.137. The summed E-state index contributed by atoms with van der Waals surface area (Å²) in [5.41, 5.74) is 0.887. The first-order valence-electron chi connectivity index (χ1n) is 8.11. The molecule has 2 aromatic rings. The van der Waals surface area contributed by atoms with Crippen LogP contribution in [0.25, 0.3) is 0 Å². The third kappa shape index (κ3) is 6.14. The Hall–Kier alpha value is -2.50. The predicted molar refractivity (Wildman–Crippen MR) is 91.2 cm³/mol. The van der Waals surface area contributed by atoms with Crippen molar-refractivity contribution in [2.75, 3.05) is 6.54 Å². The van der Waals surface area contributed by atoms with E-state index in [9.17, 15) is 18.0 Å². The molecule has 0 spiro atoms. The van der Waals surface area contributed by atoms with E-state index >= 15 is 0 Å². The van der Waals surface area contributed by atoms with Crippen LogP contribution in [0.1, 0.15) is 36.1 Å². The minimum Gasteiger partial charge on any atom is -0.338 e. The van der Waals surface area contributed by atoms with Gasteiger partial charge in [0.15, 0.2) is 0 Å². The van der Waals surface area contributed by atoms with Gasteiger partial charge in [-0.05, 0) is 43.0 Å². The quantitative estimate of drug-likeness (QED) is 0.729. The number of hydrogen-bond donors (Lipinski definition) is 2. The van der Waals surface area contributed by atoms with Crippen molar-refractivity contribution in [2.24, 2.45) is 0 Å². The molecule has 0 bridgehead atoms. The Balaban J connectivity index is 1.78. The van der Waals surface area contributed by atoms with Crippen LogP contribution < -0.4 is 10.6 Å². The zero-order chi connectivity index (χ0) is 18.3. The third-order valence-corrected chi connectivity index (χ3v) is 3.83. The van der Waals surface area contributed by atoms with Gasteiger partial charge in [0.1, 0.15) is 0 Å². The number of amides is 2. The number of carbonyl (C=O) groups excluding carboxylic acids is 1. The summed E-state index contributed by atoms with van der Waals surface area (Å²) in [5, 5.41) is 5.38. The van der Waals surface area contributed by atoms with Crippen LogP contribution in [0.3, 0.4) is 0 Å². The molecule has 0 heterocycles. The highest BCUT2D eigenvalue weighted by Gasteiger charge is 2.30. The standard InChI is InChI=1S/C19H21F3N2O/c1-14(16-10-5-11-17(13-16)19(20,21)22)24-18(25)23-12-6-9-15-7-3-2-4-8-15/h2-5,7-8,10-11,13-14H,6,9,12H2,1H3,(H2,23,24,25). The van der Waals surface area contributed by atoms with Crippen molar-refractivity contribution in [1.82, 2.24) is 10.6 Å². The number of rotatable bonds is 6. The first-order valence-corrected chi connectivity index (χ1v) is 8.11. The molecule has 6 heteroatoms. The Labute approximate surface area is 145 Å². The van der Waals surface area contributed by atoms with E-state index in [1.165, 1.54) is 11.6 Å². The number of halogens is 3. The molecule has 1 unspecified atom stereocenters. The Bertz CT molecular complexity index is 687. The maximum atomic E-state index is 12.7. The Morgan fingerprint density at radius 3 is 2.48 bits per heavy atom. The Morgan fingerprint density at radius 1 is 1.08 bits per heavy atom. The second kappa shape index (κ2) is 8.55. The van der Waals surface area contributed by atoms with E-state index in [4.69, 9.17) is 0 Å². The molecular weight excluding hydrogens is 329 g/mol. The normalized spacial score (nSPS) is 12.5. The highest BCUT2D eigenvalue weighted by Crippen LogP contribution is 2.30. The minimum atomic E-state index is -4.39. The molecule has 0 saturated carbocycles. The van der Waals surface area contributed by atoms with Crippen molar-refractivity contribution in [3.8, 4) is 0 Å². The summed E-state index contributed by atoms with van der Waals surface area (Å²) in [6.07, 6.45) is -2.75. The fraction of sp³-hybridized carbons (Fsp3) is 0.316. The van der Waals surface area contributed by atoms with Gasteiger partial charge in [0.05, 0.1) is 11.6 Å². The van der Waals surface area contributed by atoms with Gasteiger partial charge >= 0.3 is 12.2 Å². The lowest BCUT2D eigenvalue weighted by atomic mass is 10.1. The van der Waals surface area contributed by atoms with E-state index in [1.807, 2.05) is 30.3 Å². The lowest BCUT2D eigenvalue weighted by Crippen LogP contribution is -2.37. The van der Waals surface area contributed by atoms with Crippen molar-refractivity contribution in [3.05, 3.63) is 71.3 Å². The first-order chi connectivity index (χ1) is 11.9. The minimum absolute atomic E-state index is 0.391. The van der Waals surface area contributed by atoms with Crippen molar-refractivity contribution in [1.29, 1.82) is 0 Å². The predicted octanol–water partition coefficient (Wildman–Crippen LogP) is 4.70. The summed E-state index contributed by atoms with van der Waals surface area (Å²) < 4.78 is 38.2. The average Bonchev–Trinajstić information content (AvgIpc) is 2.59. The molecule has 2 aromatic carbocycles. The van der Waals surface area contributed by atoms with Crippen LogP contribution in [0.4, 0.5) is 18.0 Å². The van der Waals surface area contributed by atoms with Crippen molar-refractivity contribution < 1.29 is 18.0 Å². The number of urea groups is 1. The van der Waals surface area contributed by atoms with E-state index in [2.05, 4.69) is 10.6 Å². The molecule has 0 fully saturated rings. The van der Waals surface area contributed by atoms with Gasteiger partial charge in [-0.3, -0.25) is 0 Å². The summed E-state index contributed by atoms with van der Waals surface area (Å²) in [7, 11) is 0. The Kier molecular flexibility index (Phi) is 6.44. The molecule has 2 N–H and O–H groups in total. The summed E-state index contributed by atoms with van der Waals surface area (Å²) in [6.45, 7) is 2.15. The maximum Gasteiger partial charge on any atom is 0.416 e. The van der Waals surface area contributed by atoms with Crippen LogP contribution in [-0.2, 0) is 12.6 Å². The molecule has 0 radical (unpaired) electrons. The SMILES string of the molecule is CC(NC(=O)NCCCc1ccccc1)c1cccc(C(F)(F)F)c1. The number of alkyl halides is 3. The molecule has 3 nitrogen and oxygen atoms in total. The monoisotopic (exact) mass is 350 g/mol. The van der Waals surface area contributed by atoms with Gasteiger partial charge in [0, 0.05) is 6.54 Å². The van der Waals surface area contributed by atoms with Gasteiger partial charge in [-0.2, -0.15) is 13.2 Å². The molecule has 134 valence electrons. The molecule has 2 rings (SSSR count). The van der Waals surface area contributed by atoms with Crippen molar-refractivity contribution >= 4 is 6.03 Å². The molecular formula is C19H21F3N2O. The highest BCUT2D eigenvalue weighted by atomic mass is 19.4.